The second-order valence-electron chi connectivity index (χ2n) is 9.10. The number of ether oxygens (including phenoxy) is 2. The molecule has 1 saturated heterocycles. The third kappa shape index (κ3) is 7.55. The molecular formula is C25H40F2O5. The number of carboxylic acid groups (broad SMARTS) is 1. The van der Waals surface area contributed by atoms with Crippen molar-refractivity contribution >= 4 is 5.97 Å². The molecule has 2 N–H and O–H groups in total. The highest BCUT2D eigenvalue weighted by atomic mass is 19.3. The number of rotatable bonds is 14. The zero-order chi connectivity index (χ0) is 23.5. The summed E-state index contributed by atoms with van der Waals surface area (Å²) in [4.78, 5) is 12.8. The number of hydrogen-bond donors (Lipinski definition) is 2. The normalized spacial score (nSPS) is 22.9. The Balaban J connectivity index is 2.41. The van der Waals surface area contributed by atoms with E-state index in [4.69, 9.17) is 14.6 Å². The predicted molar refractivity (Wildman–Crippen MR) is 119 cm³/mol. The van der Waals surface area contributed by atoms with E-state index in [9.17, 15) is 18.7 Å². The van der Waals surface area contributed by atoms with Gasteiger partial charge in [-0.3, -0.25) is 4.79 Å². The van der Waals surface area contributed by atoms with Crippen LogP contribution < -0.4 is 0 Å². The Bertz CT molecular complexity index is 622. The van der Waals surface area contributed by atoms with Crippen LogP contribution in [0.15, 0.2) is 24.0 Å². The first-order chi connectivity index (χ1) is 15.4. The SMILES string of the molecule is CCCCC(F)(F)CC=C(OC1CCCCO1)[C@](CCC=CCO)(C(=O)O)C1CCCC1. The molecule has 32 heavy (non-hydrogen) atoms. The van der Waals surface area contributed by atoms with Crippen molar-refractivity contribution in [3.63, 3.8) is 0 Å². The van der Waals surface area contributed by atoms with Crippen molar-refractivity contribution in [2.24, 2.45) is 11.3 Å². The van der Waals surface area contributed by atoms with Gasteiger partial charge in [0.15, 0.2) is 6.29 Å². The molecule has 0 aromatic rings. The number of aliphatic hydroxyl groups is 1. The molecule has 1 aliphatic heterocycles. The molecule has 2 atom stereocenters. The number of hydrogen-bond acceptors (Lipinski definition) is 4. The highest BCUT2D eigenvalue weighted by Gasteiger charge is 2.51. The van der Waals surface area contributed by atoms with Gasteiger partial charge in [0.1, 0.15) is 11.2 Å². The van der Waals surface area contributed by atoms with Crippen LogP contribution >= 0.6 is 0 Å². The Morgan fingerprint density at radius 2 is 1.84 bits per heavy atom. The molecule has 2 fully saturated rings. The largest absolute Gasteiger partial charge is 0.480 e. The summed E-state index contributed by atoms with van der Waals surface area (Å²) in [6.07, 6.45) is 10.8. The number of aliphatic hydroxyl groups excluding tert-OH is 1. The molecule has 0 spiro atoms. The molecule has 1 heterocycles. The van der Waals surface area contributed by atoms with Crippen LogP contribution in [0.5, 0.6) is 0 Å². The first-order valence-corrected chi connectivity index (χ1v) is 12.2. The van der Waals surface area contributed by atoms with Gasteiger partial charge in [0, 0.05) is 19.3 Å². The summed E-state index contributed by atoms with van der Waals surface area (Å²) in [5.41, 5.74) is -1.38. The van der Waals surface area contributed by atoms with Gasteiger partial charge in [-0.05, 0) is 56.9 Å². The minimum absolute atomic E-state index is 0.123. The van der Waals surface area contributed by atoms with Crippen LogP contribution in [-0.2, 0) is 14.3 Å². The van der Waals surface area contributed by atoms with Gasteiger partial charge in [0.2, 0.25) is 0 Å². The van der Waals surface area contributed by atoms with E-state index in [0.29, 0.717) is 32.3 Å². The van der Waals surface area contributed by atoms with Crippen molar-refractivity contribution < 1.29 is 33.3 Å². The molecule has 5 nitrogen and oxygen atoms in total. The molecule has 1 aliphatic carbocycles. The van der Waals surface area contributed by atoms with E-state index >= 15 is 0 Å². The molecule has 7 heteroatoms. The van der Waals surface area contributed by atoms with E-state index < -0.39 is 30.0 Å². The van der Waals surface area contributed by atoms with E-state index in [1.807, 2.05) is 6.92 Å². The van der Waals surface area contributed by atoms with Crippen molar-refractivity contribution in [1.82, 2.24) is 0 Å². The average Bonchev–Trinajstić information content (AvgIpc) is 3.31. The van der Waals surface area contributed by atoms with E-state index in [1.54, 1.807) is 12.2 Å². The van der Waals surface area contributed by atoms with E-state index in [2.05, 4.69) is 0 Å². The van der Waals surface area contributed by atoms with Crippen molar-refractivity contribution in [1.29, 1.82) is 0 Å². The molecule has 0 aromatic carbocycles. The Kier molecular flexibility index (Phi) is 11.1. The lowest BCUT2D eigenvalue weighted by atomic mass is 9.69. The van der Waals surface area contributed by atoms with Crippen LogP contribution in [0.3, 0.4) is 0 Å². The van der Waals surface area contributed by atoms with Gasteiger partial charge >= 0.3 is 5.97 Å². The molecule has 0 aromatic heterocycles. The lowest BCUT2D eigenvalue weighted by Crippen LogP contribution is -2.42. The summed E-state index contributed by atoms with van der Waals surface area (Å²) in [5, 5.41) is 19.5. The highest BCUT2D eigenvalue weighted by Crippen LogP contribution is 2.50. The average molecular weight is 459 g/mol. The summed E-state index contributed by atoms with van der Waals surface area (Å²) in [6, 6.07) is 0. The molecule has 2 aliphatic rings. The van der Waals surface area contributed by atoms with Crippen LogP contribution in [0, 0.1) is 11.3 Å². The molecule has 0 amide bonds. The van der Waals surface area contributed by atoms with Gasteiger partial charge in [-0.1, -0.05) is 38.3 Å². The first kappa shape index (κ1) is 26.8. The highest BCUT2D eigenvalue weighted by molar-refractivity contribution is 5.78. The quantitative estimate of drug-likeness (QED) is 0.239. The maximum Gasteiger partial charge on any atom is 0.317 e. The zero-order valence-corrected chi connectivity index (χ0v) is 19.4. The second kappa shape index (κ2) is 13.3. The molecule has 0 radical (unpaired) electrons. The van der Waals surface area contributed by atoms with Crippen molar-refractivity contribution in [3.05, 3.63) is 24.0 Å². The predicted octanol–water partition coefficient (Wildman–Crippen LogP) is 6.22. The number of carbonyl (C=O) groups is 1. The maximum absolute atomic E-state index is 14.6. The van der Waals surface area contributed by atoms with Crippen molar-refractivity contribution in [2.45, 2.75) is 103 Å². The molecule has 2 rings (SSSR count). The van der Waals surface area contributed by atoms with Crippen LogP contribution in [0.4, 0.5) is 8.78 Å². The zero-order valence-electron chi connectivity index (χ0n) is 19.4. The topological polar surface area (TPSA) is 76.0 Å². The fourth-order valence-corrected chi connectivity index (χ4v) is 4.90. The van der Waals surface area contributed by atoms with Crippen LogP contribution in [0.25, 0.3) is 0 Å². The van der Waals surface area contributed by atoms with Crippen LogP contribution in [0.1, 0.15) is 90.4 Å². The molecular weight excluding hydrogens is 418 g/mol. The summed E-state index contributed by atoms with van der Waals surface area (Å²) < 4.78 is 40.9. The van der Waals surface area contributed by atoms with Gasteiger partial charge in [0.25, 0.3) is 5.92 Å². The Hall–Kier alpha value is -1.47. The summed E-state index contributed by atoms with van der Waals surface area (Å²) >= 11 is 0. The van der Waals surface area contributed by atoms with Gasteiger partial charge in [-0.15, -0.1) is 0 Å². The van der Waals surface area contributed by atoms with E-state index in [-0.39, 0.29) is 31.1 Å². The summed E-state index contributed by atoms with van der Waals surface area (Å²) in [7, 11) is 0. The lowest BCUT2D eigenvalue weighted by molar-refractivity contribution is -0.171. The van der Waals surface area contributed by atoms with Gasteiger partial charge in [0.05, 0.1) is 13.2 Å². The van der Waals surface area contributed by atoms with Crippen LogP contribution in [0.2, 0.25) is 0 Å². The van der Waals surface area contributed by atoms with Gasteiger partial charge in [-0.25, -0.2) is 8.78 Å². The molecule has 184 valence electrons. The first-order valence-electron chi connectivity index (χ1n) is 12.2. The van der Waals surface area contributed by atoms with Gasteiger partial charge < -0.3 is 19.7 Å². The fourth-order valence-electron chi connectivity index (χ4n) is 4.90. The van der Waals surface area contributed by atoms with Gasteiger partial charge in [-0.2, -0.15) is 0 Å². The summed E-state index contributed by atoms with van der Waals surface area (Å²) in [6.45, 7) is 2.27. The van der Waals surface area contributed by atoms with Crippen LogP contribution in [-0.4, -0.2) is 41.6 Å². The smallest absolute Gasteiger partial charge is 0.317 e. The Morgan fingerprint density at radius 1 is 1.12 bits per heavy atom. The number of unbranched alkanes of at least 4 members (excludes halogenated alkanes) is 1. The number of carboxylic acids is 1. The minimum atomic E-state index is -2.91. The lowest BCUT2D eigenvalue weighted by Gasteiger charge is -2.39. The standard InChI is InChI=1S/C25H40F2O5/c1-2-3-15-24(26,27)17-14-21(32-22-13-7-10-19-31-22)25(23(29)30,16-8-4-9-18-28)20-11-5-6-12-20/h4,9,14,20,22,28H,2-3,5-8,10-13,15-19H2,1H3,(H,29,30)/t22?,25-/m1/s1. The fraction of sp³-hybridized carbons (Fsp3) is 0.800. The second-order valence-corrected chi connectivity index (χ2v) is 9.10. The Morgan fingerprint density at radius 3 is 2.44 bits per heavy atom. The van der Waals surface area contributed by atoms with Crippen molar-refractivity contribution in [3.8, 4) is 0 Å². The van der Waals surface area contributed by atoms with E-state index in [1.165, 1.54) is 6.08 Å². The third-order valence-electron chi connectivity index (χ3n) is 6.73. The minimum Gasteiger partial charge on any atom is -0.480 e. The number of aliphatic carboxylic acids is 1. The monoisotopic (exact) mass is 458 g/mol. The molecule has 0 bridgehead atoms. The molecule has 1 unspecified atom stereocenters. The third-order valence-corrected chi connectivity index (χ3v) is 6.73. The Labute approximate surface area is 190 Å². The number of allylic oxidation sites excluding steroid dienone is 2. The van der Waals surface area contributed by atoms with E-state index in [0.717, 1.165) is 38.5 Å². The molecule has 1 saturated carbocycles. The summed E-state index contributed by atoms with van der Waals surface area (Å²) in [5.74, 6) is -3.98. The maximum atomic E-state index is 14.6. The number of alkyl halides is 2. The number of halogens is 2. The van der Waals surface area contributed by atoms with Crippen molar-refractivity contribution in [2.75, 3.05) is 13.2 Å².